The van der Waals surface area contributed by atoms with Gasteiger partial charge in [0.25, 0.3) is 0 Å². The van der Waals surface area contributed by atoms with E-state index < -0.39 is 12.1 Å². The van der Waals surface area contributed by atoms with Gasteiger partial charge in [0.05, 0.1) is 0 Å². The average molecular weight is 397 g/mol. The summed E-state index contributed by atoms with van der Waals surface area (Å²) in [6.45, 7) is 20.4. The Hall–Kier alpha value is -2.29. The standard InChI is InChI=1S/C26H36O3/c1-10-22(27)29-21-11-12-26(9,16-20(21)25(6,7)8)15-18-13-17(2)14-19(23(18)28)24(3,4)5/h10-14,16,21,28H,1,15H2,2-9H3. The lowest BCUT2D eigenvalue weighted by molar-refractivity contribution is -0.139. The van der Waals surface area contributed by atoms with E-state index >= 15 is 0 Å². The van der Waals surface area contributed by atoms with Crippen LogP contribution in [0.15, 0.2) is 48.6 Å². The Labute approximate surface area is 176 Å². The number of aryl methyl sites for hydroxylation is 1. The lowest BCUT2D eigenvalue weighted by Crippen LogP contribution is -2.32. The Morgan fingerprint density at radius 3 is 2.34 bits per heavy atom. The van der Waals surface area contributed by atoms with Crippen LogP contribution in [0.3, 0.4) is 0 Å². The zero-order valence-electron chi connectivity index (χ0n) is 19.2. The van der Waals surface area contributed by atoms with Crippen LogP contribution < -0.4 is 0 Å². The van der Waals surface area contributed by atoms with Gasteiger partial charge in [-0.15, -0.1) is 0 Å². The summed E-state index contributed by atoms with van der Waals surface area (Å²) in [5, 5.41) is 11.0. The number of aromatic hydroxyl groups is 1. The first-order chi connectivity index (χ1) is 13.2. The molecule has 0 fully saturated rings. The number of allylic oxidation sites excluding steroid dienone is 2. The number of esters is 1. The number of benzene rings is 1. The maximum atomic E-state index is 11.8. The van der Waals surface area contributed by atoms with Gasteiger partial charge in [-0.3, -0.25) is 0 Å². The van der Waals surface area contributed by atoms with Crippen molar-refractivity contribution in [1.29, 1.82) is 0 Å². The highest BCUT2D eigenvalue weighted by Gasteiger charge is 2.35. The van der Waals surface area contributed by atoms with Crippen LogP contribution in [0.1, 0.15) is 65.2 Å². The Morgan fingerprint density at radius 2 is 1.83 bits per heavy atom. The van der Waals surface area contributed by atoms with Crippen LogP contribution >= 0.6 is 0 Å². The first-order valence-electron chi connectivity index (χ1n) is 10.2. The second-order valence-electron chi connectivity index (χ2n) is 10.5. The van der Waals surface area contributed by atoms with Gasteiger partial charge in [-0.25, -0.2) is 4.79 Å². The van der Waals surface area contributed by atoms with Crippen molar-refractivity contribution >= 4 is 5.97 Å². The first kappa shape index (κ1) is 23.0. The van der Waals surface area contributed by atoms with Crippen molar-refractivity contribution in [3.05, 3.63) is 65.3 Å². The summed E-state index contributed by atoms with van der Waals surface area (Å²) in [5.74, 6) is -0.0480. The topological polar surface area (TPSA) is 46.5 Å². The fourth-order valence-corrected chi connectivity index (χ4v) is 3.90. The van der Waals surface area contributed by atoms with E-state index in [9.17, 15) is 9.90 Å². The second-order valence-corrected chi connectivity index (χ2v) is 10.5. The highest BCUT2D eigenvalue weighted by atomic mass is 16.5. The van der Waals surface area contributed by atoms with Crippen molar-refractivity contribution in [2.75, 3.05) is 0 Å². The minimum Gasteiger partial charge on any atom is -0.507 e. The van der Waals surface area contributed by atoms with E-state index in [2.05, 4.69) is 86.3 Å². The van der Waals surface area contributed by atoms with Crippen LogP contribution in [0.25, 0.3) is 0 Å². The molecule has 0 radical (unpaired) electrons. The highest BCUT2D eigenvalue weighted by Crippen LogP contribution is 2.43. The smallest absolute Gasteiger partial charge is 0.331 e. The molecule has 3 heteroatoms. The summed E-state index contributed by atoms with van der Waals surface area (Å²) in [4.78, 5) is 11.8. The van der Waals surface area contributed by atoms with Crippen LogP contribution in [0, 0.1) is 17.8 Å². The number of hydrogen-bond donors (Lipinski definition) is 1. The molecule has 158 valence electrons. The van der Waals surface area contributed by atoms with Crippen molar-refractivity contribution in [2.45, 2.75) is 73.3 Å². The molecule has 0 aromatic heterocycles. The SMILES string of the molecule is C=CC(=O)OC1C=CC(C)(Cc2cc(C)cc(C(C)(C)C)c2O)C=C1C(C)(C)C. The van der Waals surface area contributed by atoms with Gasteiger partial charge in [-0.2, -0.15) is 0 Å². The van der Waals surface area contributed by atoms with Crippen LogP contribution in [0.2, 0.25) is 0 Å². The molecule has 2 rings (SSSR count). The van der Waals surface area contributed by atoms with Gasteiger partial charge in [0.1, 0.15) is 11.9 Å². The highest BCUT2D eigenvalue weighted by molar-refractivity contribution is 5.81. The monoisotopic (exact) mass is 396 g/mol. The number of phenolic OH excluding ortho intramolecular Hbond substituents is 1. The minimum absolute atomic E-state index is 0.134. The van der Waals surface area contributed by atoms with Crippen molar-refractivity contribution in [2.24, 2.45) is 10.8 Å². The van der Waals surface area contributed by atoms with Gasteiger partial charge in [0, 0.05) is 11.5 Å². The molecule has 1 aromatic rings. The molecule has 0 amide bonds. The summed E-state index contributed by atoms with van der Waals surface area (Å²) >= 11 is 0. The minimum atomic E-state index is -0.426. The molecule has 0 saturated heterocycles. The van der Waals surface area contributed by atoms with Gasteiger partial charge in [-0.1, -0.05) is 84.9 Å². The molecule has 2 atom stereocenters. The van der Waals surface area contributed by atoms with E-state index in [-0.39, 0.29) is 16.2 Å². The van der Waals surface area contributed by atoms with Crippen molar-refractivity contribution in [3.8, 4) is 5.75 Å². The number of carbonyl (C=O) groups excluding carboxylic acids is 1. The summed E-state index contributed by atoms with van der Waals surface area (Å²) < 4.78 is 5.57. The van der Waals surface area contributed by atoms with E-state index in [1.165, 1.54) is 6.08 Å². The fraction of sp³-hybridized carbons (Fsp3) is 0.500. The molecular formula is C26H36O3. The molecule has 1 aliphatic rings. The maximum absolute atomic E-state index is 11.8. The second kappa shape index (κ2) is 7.85. The Morgan fingerprint density at radius 1 is 1.21 bits per heavy atom. The zero-order valence-corrected chi connectivity index (χ0v) is 19.2. The number of ether oxygens (including phenoxy) is 1. The summed E-state index contributed by atoms with van der Waals surface area (Å²) in [5.41, 5.74) is 3.51. The van der Waals surface area contributed by atoms with Crippen LogP contribution in [-0.4, -0.2) is 17.2 Å². The Kier molecular flexibility index (Phi) is 6.23. The zero-order chi connectivity index (χ0) is 22.2. The summed E-state index contributed by atoms with van der Waals surface area (Å²) in [7, 11) is 0. The Bertz CT molecular complexity index is 859. The molecule has 0 heterocycles. The predicted molar refractivity (Wildman–Crippen MR) is 120 cm³/mol. The van der Waals surface area contributed by atoms with E-state index in [1.807, 2.05) is 6.08 Å². The molecule has 0 aliphatic heterocycles. The molecule has 3 nitrogen and oxygen atoms in total. The predicted octanol–water partition coefficient (Wildman–Crippen LogP) is 6.19. The molecule has 0 spiro atoms. The van der Waals surface area contributed by atoms with Crippen LogP contribution in [0.4, 0.5) is 0 Å². The van der Waals surface area contributed by atoms with Crippen molar-refractivity contribution in [1.82, 2.24) is 0 Å². The molecule has 1 aliphatic carbocycles. The molecule has 2 unspecified atom stereocenters. The third kappa shape index (κ3) is 5.41. The quantitative estimate of drug-likeness (QED) is 0.375. The molecule has 0 bridgehead atoms. The van der Waals surface area contributed by atoms with Gasteiger partial charge in [-0.05, 0) is 47.0 Å². The first-order valence-corrected chi connectivity index (χ1v) is 10.2. The van der Waals surface area contributed by atoms with E-state index in [4.69, 9.17) is 4.74 Å². The average Bonchev–Trinajstić information content (AvgIpc) is 2.57. The van der Waals surface area contributed by atoms with Gasteiger partial charge in [0.15, 0.2) is 0 Å². The molecule has 0 saturated carbocycles. The van der Waals surface area contributed by atoms with E-state index in [1.54, 1.807) is 0 Å². The maximum Gasteiger partial charge on any atom is 0.331 e. The number of phenols is 1. The lowest BCUT2D eigenvalue weighted by Gasteiger charge is -2.37. The van der Waals surface area contributed by atoms with Crippen molar-refractivity contribution < 1.29 is 14.6 Å². The lowest BCUT2D eigenvalue weighted by atomic mass is 9.71. The third-order valence-corrected chi connectivity index (χ3v) is 5.43. The van der Waals surface area contributed by atoms with Gasteiger partial charge < -0.3 is 9.84 Å². The Balaban J connectivity index is 2.47. The van der Waals surface area contributed by atoms with Gasteiger partial charge in [0.2, 0.25) is 0 Å². The third-order valence-electron chi connectivity index (χ3n) is 5.43. The van der Waals surface area contributed by atoms with Crippen molar-refractivity contribution in [3.63, 3.8) is 0 Å². The summed E-state index contributed by atoms with van der Waals surface area (Å²) in [6.07, 6.45) is 7.71. The number of hydrogen-bond acceptors (Lipinski definition) is 3. The molecule has 1 aromatic carbocycles. The van der Waals surface area contributed by atoms with E-state index in [0.29, 0.717) is 12.2 Å². The van der Waals surface area contributed by atoms with Crippen LogP contribution in [0.5, 0.6) is 5.75 Å². The van der Waals surface area contributed by atoms with Gasteiger partial charge >= 0.3 is 5.97 Å². The van der Waals surface area contributed by atoms with E-state index in [0.717, 1.165) is 22.3 Å². The normalized spacial score (nSPS) is 22.2. The fourth-order valence-electron chi connectivity index (χ4n) is 3.90. The molecule has 1 N–H and O–H groups in total. The number of rotatable bonds is 4. The van der Waals surface area contributed by atoms with Crippen LogP contribution in [-0.2, 0) is 21.4 Å². The largest absolute Gasteiger partial charge is 0.507 e. The summed E-state index contributed by atoms with van der Waals surface area (Å²) in [6, 6.07) is 4.14. The number of carbonyl (C=O) groups is 1. The molecule has 29 heavy (non-hydrogen) atoms. The molecular weight excluding hydrogens is 360 g/mol.